The molecular weight excluding hydrogens is 303 g/mol. The molecule has 0 fully saturated rings. The van der Waals surface area contributed by atoms with Crippen LogP contribution in [0.15, 0.2) is 24.3 Å². The van der Waals surface area contributed by atoms with E-state index in [0.717, 1.165) is 0 Å². The molecule has 5 nitrogen and oxygen atoms in total. The molecule has 0 spiro atoms. The molecule has 0 aliphatic rings. The number of carboxylic acid groups (broad SMARTS) is 1. The predicted octanol–water partition coefficient (Wildman–Crippen LogP) is 4.71. The minimum atomic E-state index is -3.37. The van der Waals surface area contributed by atoms with E-state index < -0.39 is 24.8 Å². The zero-order valence-electron chi connectivity index (χ0n) is 14.0. The molecule has 0 atom stereocenters. The van der Waals surface area contributed by atoms with Gasteiger partial charge in [-0.1, -0.05) is 12.1 Å². The number of carboxylic acids is 1. The van der Waals surface area contributed by atoms with Crippen molar-refractivity contribution in [2.45, 2.75) is 58.9 Å². The fraction of sp³-hybridized carbons (Fsp3) is 0.562. The molecule has 1 N–H and O–H groups in total. The van der Waals surface area contributed by atoms with E-state index in [-0.39, 0.29) is 11.7 Å². The molecule has 124 valence electrons. The fourth-order valence-corrected chi connectivity index (χ4v) is 4.39. The molecule has 6 heteroatoms. The van der Waals surface area contributed by atoms with Crippen molar-refractivity contribution in [3.8, 4) is 0 Å². The first-order valence-corrected chi connectivity index (χ1v) is 8.85. The lowest BCUT2D eigenvalue weighted by Crippen LogP contribution is -2.24. The lowest BCUT2D eigenvalue weighted by atomic mass is 10.1. The summed E-state index contributed by atoms with van der Waals surface area (Å²) >= 11 is 0. The Kier molecular flexibility index (Phi) is 5.61. The maximum Gasteiger partial charge on any atom is 0.336 e. The van der Waals surface area contributed by atoms with Crippen molar-refractivity contribution in [1.82, 2.24) is 0 Å². The van der Waals surface area contributed by atoms with E-state index in [2.05, 4.69) is 0 Å². The molecule has 0 heterocycles. The van der Waals surface area contributed by atoms with Gasteiger partial charge in [-0.3, -0.25) is 4.57 Å². The summed E-state index contributed by atoms with van der Waals surface area (Å²) in [5.74, 6) is -0.994. The molecule has 1 aromatic rings. The highest BCUT2D eigenvalue weighted by atomic mass is 31.2. The Labute approximate surface area is 132 Å². The topological polar surface area (TPSA) is 72.8 Å². The summed E-state index contributed by atoms with van der Waals surface area (Å²) < 4.78 is 24.5. The fourth-order valence-electron chi connectivity index (χ4n) is 1.89. The van der Waals surface area contributed by atoms with Gasteiger partial charge >= 0.3 is 13.6 Å². The second-order valence-corrected chi connectivity index (χ2v) is 9.08. The van der Waals surface area contributed by atoms with E-state index in [1.54, 1.807) is 12.1 Å². The molecule has 1 aromatic carbocycles. The molecular formula is C16H25O5P. The number of aromatic carboxylic acids is 1. The largest absolute Gasteiger partial charge is 0.478 e. The molecule has 1 rings (SSSR count). The zero-order chi connectivity index (χ0) is 17.2. The van der Waals surface area contributed by atoms with Crippen molar-refractivity contribution in [3.05, 3.63) is 35.4 Å². The third-order valence-corrected chi connectivity index (χ3v) is 4.81. The smallest absolute Gasteiger partial charge is 0.336 e. The first kappa shape index (κ1) is 18.9. The third-order valence-electron chi connectivity index (χ3n) is 2.40. The van der Waals surface area contributed by atoms with Crippen molar-refractivity contribution >= 4 is 13.6 Å². The van der Waals surface area contributed by atoms with Crippen LogP contribution in [0, 0.1) is 0 Å². The summed E-state index contributed by atoms with van der Waals surface area (Å²) in [4.78, 5) is 10.9. The number of rotatable bonds is 5. The van der Waals surface area contributed by atoms with Crippen LogP contribution in [0.2, 0.25) is 0 Å². The highest BCUT2D eigenvalue weighted by molar-refractivity contribution is 7.53. The average Bonchev–Trinajstić information content (AvgIpc) is 2.23. The quantitative estimate of drug-likeness (QED) is 0.793. The summed E-state index contributed by atoms with van der Waals surface area (Å²) in [5, 5.41) is 8.91. The maximum atomic E-state index is 13.1. The highest BCUT2D eigenvalue weighted by Crippen LogP contribution is 2.56. The molecule has 22 heavy (non-hydrogen) atoms. The van der Waals surface area contributed by atoms with Gasteiger partial charge in [0.2, 0.25) is 0 Å². The van der Waals surface area contributed by atoms with Crippen LogP contribution in [-0.2, 0) is 19.8 Å². The molecule has 0 saturated heterocycles. The van der Waals surface area contributed by atoms with Gasteiger partial charge in [0.25, 0.3) is 0 Å². The van der Waals surface area contributed by atoms with Crippen LogP contribution in [0.1, 0.15) is 57.5 Å². The van der Waals surface area contributed by atoms with Crippen LogP contribution >= 0.6 is 7.60 Å². The van der Waals surface area contributed by atoms with Gasteiger partial charge < -0.3 is 14.2 Å². The van der Waals surface area contributed by atoms with Gasteiger partial charge in [0, 0.05) is 0 Å². The number of hydrogen-bond acceptors (Lipinski definition) is 4. The van der Waals surface area contributed by atoms with E-state index in [9.17, 15) is 9.36 Å². The van der Waals surface area contributed by atoms with E-state index >= 15 is 0 Å². The third kappa shape index (κ3) is 6.73. The lowest BCUT2D eigenvalue weighted by Gasteiger charge is -2.32. The van der Waals surface area contributed by atoms with Gasteiger partial charge in [-0.05, 0) is 59.2 Å². The van der Waals surface area contributed by atoms with E-state index in [1.165, 1.54) is 12.1 Å². The number of benzene rings is 1. The van der Waals surface area contributed by atoms with E-state index in [0.29, 0.717) is 5.56 Å². The minimum absolute atomic E-state index is 0.0986. The van der Waals surface area contributed by atoms with E-state index in [1.807, 2.05) is 41.5 Å². The van der Waals surface area contributed by atoms with Crippen LogP contribution in [-0.4, -0.2) is 22.3 Å². The number of hydrogen-bond donors (Lipinski definition) is 1. The van der Waals surface area contributed by atoms with Gasteiger partial charge in [0.15, 0.2) is 0 Å². The second kappa shape index (κ2) is 6.53. The SMILES string of the molecule is CC(C)(C)OP(=O)(Cc1ccc(C(=O)O)cc1)OC(C)(C)C. The summed E-state index contributed by atoms with van der Waals surface area (Å²) in [7, 11) is -3.37. The van der Waals surface area contributed by atoms with Gasteiger partial charge in [-0.2, -0.15) is 0 Å². The first-order chi connectivity index (χ1) is 9.80. The van der Waals surface area contributed by atoms with Crippen molar-refractivity contribution in [2.24, 2.45) is 0 Å². The molecule has 0 saturated carbocycles. The van der Waals surface area contributed by atoms with Gasteiger partial charge in [-0.25, -0.2) is 4.79 Å². The molecule has 0 bridgehead atoms. The predicted molar refractivity (Wildman–Crippen MR) is 86.4 cm³/mol. The maximum absolute atomic E-state index is 13.1. The zero-order valence-corrected chi connectivity index (χ0v) is 14.9. The second-order valence-electron chi connectivity index (χ2n) is 7.18. The molecule has 0 aromatic heterocycles. The minimum Gasteiger partial charge on any atom is -0.478 e. The normalized spacial score (nSPS) is 13.2. The number of carbonyl (C=O) groups is 1. The Morgan fingerprint density at radius 1 is 1.00 bits per heavy atom. The summed E-state index contributed by atoms with van der Waals surface area (Å²) in [6.45, 7) is 10.9. The van der Waals surface area contributed by atoms with Gasteiger partial charge in [-0.15, -0.1) is 0 Å². The summed E-state index contributed by atoms with van der Waals surface area (Å²) in [5.41, 5.74) is -0.322. The van der Waals surface area contributed by atoms with E-state index in [4.69, 9.17) is 14.2 Å². The van der Waals surface area contributed by atoms with Crippen molar-refractivity contribution in [2.75, 3.05) is 0 Å². The Bertz CT molecular complexity index is 544. The molecule has 0 amide bonds. The molecule has 0 aliphatic carbocycles. The van der Waals surface area contributed by atoms with Gasteiger partial charge in [0.05, 0.1) is 22.9 Å². The Balaban J connectivity index is 3.02. The Morgan fingerprint density at radius 2 is 1.41 bits per heavy atom. The molecule has 0 radical (unpaired) electrons. The molecule has 0 unspecified atom stereocenters. The summed E-state index contributed by atoms with van der Waals surface area (Å²) in [6.07, 6.45) is 0.0986. The van der Waals surface area contributed by atoms with Crippen molar-refractivity contribution in [3.63, 3.8) is 0 Å². The van der Waals surface area contributed by atoms with Crippen molar-refractivity contribution in [1.29, 1.82) is 0 Å². The van der Waals surface area contributed by atoms with Crippen LogP contribution in [0.3, 0.4) is 0 Å². The van der Waals surface area contributed by atoms with Crippen LogP contribution in [0.25, 0.3) is 0 Å². The van der Waals surface area contributed by atoms with Crippen LogP contribution in [0.4, 0.5) is 0 Å². The monoisotopic (exact) mass is 328 g/mol. The van der Waals surface area contributed by atoms with Crippen molar-refractivity contribution < 1.29 is 23.5 Å². The highest BCUT2D eigenvalue weighted by Gasteiger charge is 2.35. The van der Waals surface area contributed by atoms with Crippen LogP contribution < -0.4 is 0 Å². The standard InChI is InChI=1S/C16H25O5P/c1-15(2,3)20-22(19,21-16(4,5)6)11-12-7-9-13(10-8-12)14(17)18/h7-10H,11H2,1-6H3,(H,17,18). The molecule has 0 aliphatic heterocycles. The first-order valence-electron chi connectivity index (χ1n) is 7.12. The Morgan fingerprint density at radius 3 is 1.73 bits per heavy atom. The van der Waals surface area contributed by atoms with Gasteiger partial charge in [0.1, 0.15) is 0 Å². The lowest BCUT2D eigenvalue weighted by molar-refractivity contribution is 0.0485. The van der Waals surface area contributed by atoms with Crippen LogP contribution in [0.5, 0.6) is 0 Å². The summed E-state index contributed by atoms with van der Waals surface area (Å²) in [6, 6.07) is 6.23. The average molecular weight is 328 g/mol. The Hall–Kier alpha value is -1.16.